The van der Waals surface area contributed by atoms with Crippen molar-refractivity contribution in [2.24, 2.45) is 0 Å². The van der Waals surface area contributed by atoms with Gasteiger partial charge in [-0.15, -0.1) is 0 Å². The Bertz CT molecular complexity index is 453. The lowest BCUT2D eigenvalue weighted by molar-refractivity contribution is 0.108. The molecule has 0 amide bonds. The molecule has 17 heavy (non-hydrogen) atoms. The van der Waals surface area contributed by atoms with E-state index in [0.29, 0.717) is 10.8 Å². The highest BCUT2D eigenvalue weighted by Gasteiger charge is 2.07. The second-order valence-corrected chi connectivity index (χ2v) is 4.13. The van der Waals surface area contributed by atoms with Gasteiger partial charge in [-0.05, 0) is 29.8 Å². The summed E-state index contributed by atoms with van der Waals surface area (Å²) in [5.74, 6) is 0.699. The minimum Gasteiger partial charge on any atom is -0.491 e. The van der Waals surface area contributed by atoms with Gasteiger partial charge in [0, 0.05) is 5.02 Å². The number of hydrogen-bond acceptors (Lipinski definition) is 2. The molecule has 1 N–H and O–H groups in total. The maximum absolute atomic E-state index is 9.89. The van der Waals surface area contributed by atoms with Crippen molar-refractivity contribution in [3.8, 4) is 5.75 Å². The van der Waals surface area contributed by atoms with E-state index in [2.05, 4.69) is 0 Å². The van der Waals surface area contributed by atoms with Crippen molar-refractivity contribution in [3.05, 3.63) is 65.2 Å². The Morgan fingerprint density at radius 3 is 2.29 bits per heavy atom. The molecule has 0 unspecified atom stereocenters. The second-order valence-electron chi connectivity index (χ2n) is 3.69. The Morgan fingerprint density at radius 1 is 1.00 bits per heavy atom. The summed E-state index contributed by atoms with van der Waals surface area (Å²) >= 11 is 5.77. The number of ether oxygens (including phenoxy) is 1. The van der Waals surface area contributed by atoms with Crippen LogP contribution in [0.3, 0.4) is 0 Å². The standard InChI is InChI=1S/C14H13ClO2/c15-12-6-8-13(9-7-12)17-10-14(16)11-4-2-1-3-5-11/h1-9,14,16H,10H2/t14-/m1/s1. The van der Waals surface area contributed by atoms with E-state index in [1.54, 1.807) is 24.3 Å². The molecule has 3 heteroatoms. The van der Waals surface area contributed by atoms with Crippen LogP contribution in [0.1, 0.15) is 11.7 Å². The summed E-state index contributed by atoms with van der Waals surface area (Å²) in [6, 6.07) is 16.5. The largest absolute Gasteiger partial charge is 0.491 e. The van der Waals surface area contributed by atoms with Gasteiger partial charge in [-0.3, -0.25) is 0 Å². The number of benzene rings is 2. The van der Waals surface area contributed by atoms with Gasteiger partial charge in [0.05, 0.1) is 0 Å². The summed E-state index contributed by atoms with van der Waals surface area (Å²) in [5.41, 5.74) is 0.849. The van der Waals surface area contributed by atoms with Crippen LogP contribution in [0.5, 0.6) is 5.75 Å². The average molecular weight is 249 g/mol. The highest BCUT2D eigenvalue weighted by atomic mass is 35.5. The van der Waals surface area contributed by atoms with Crippen LogP contribution in [0.2, 0.25) is 5.02 Å². The van der Waals surface area contributed by atoms with Crippen molar-refractivity contribution in [1.29, 1.82) is 0 Å². The van der Waals surface area contributed by atoms with E-state index >= 15 is 0 Å². The van der Waals surface area contributed by atoms with Crippen LogP contribution in [0, 0.1) is 0 Å². The molecule has 2 aromatic carbocycles. The molecule has 0 spiro atoms. The molecule has 0 aliphatic heterocycles. The third kappa shape index (κ3) is 3.48. The molecule has 0 aliphatic carbocycles. The third-order valence-corrected chi connectivity index (χ3v) is 2.66. The van der Waals surface area contributed by atoms with Gasteiger partial charge in [0.15, 0.2) is 0 Å². The van der Waals surface area contributed by atoms with Gasteiger partial charge in [0.1, 0.15) is 18.5 Å². The molecule has 2 nitrogen and oxygen atoms in total. The number of aliphatic hydroxyl groups excluding tert-OH is 1. The van der Waals surface area contributed by atoms with E-state index in [0.717, 1.165) is 5.56 Å². The Morgan fingerprint density at radius 2 is 1.65 bits per heavy atom. The summed E-state index contributed by atoms with van der Waals surface area (Å²) in [4.78, 5) is 0. The van der Waals surface area contributed by atoms with Crippen LogP contribution in [0.4, 0.5) is 0 Å². The number of hydrogen-bond donors (Lipinski definition) is 1. The van der Waals surface area contributed by atoms with Crippen LogP contribution in [0.25, 0.3) is 0 Å². The summed E-state index contributed by atoms with van der Waals surface area (Å²) in [5, 5.41) is 10.6. The molecule has 1 atom stereocenters. The molecule has 0 bridgehead atoms. The van der Waals surface area contributed by atoms with E-state index in [1.165, 1.54) is 0 Å². The zero-order valence-corrected chi connectivity index (χ0v) is 9.97. The van der Waals surface area contributed by atoms with Crippen LogP contribution in [0.15, 0.2) is 54.6 Å². The zero-order chi connectivity index (χ0) is 12.1. The first-order valence-electron chi connectivity index (χ1n) is 5.37. The SMILES string of the molecule is O[C@H](COc1ccc(Cl)cc1)c1ccccc1. The van der Waals surface area contributed by atoms with E-state index in [-0.39, 0.29) is 6.61 Å². The Labute approximate surface area is 105 Å². The first-order valence-corrected chi connectivity index (χ1v) is 5.75. The fourth-order valence-electron chi connectivity index (χ4n) is 1.48. The third-order valence-electron chi connectivity index (χ3n) is 2.41. The number of halogens is 1. The van der Waals surface area contributed by atoms with Crippen LogP contribution >= 0.6 is 11.6 Å². The smallest absolute Gasteiger partial charge is 0.119 e. The minimum absolute atomic E-state index is 0.228. The molecule has 0 fully saturated rings. The minimum atomic E-state index is -0.619. The topological polar surface area (TPSA) is 29.5 Å². The maximum Gasteiger partial charge on any atom is 0.119 e. The molecule has 0 heterocycles. The molecule has 0 aliphatic rings. The van der Waals surface area contributed by atoms with Crippen molar-refractivity contribution in [2.45, 2.75) is 6.10 Å². The summed E-state index contributed by atoms with van der Waals surface area (Å²) in [6.45, 7) is 0.228. The molecule has 0 aromatic heterocycles. The van der Waals surface area contributed by atoms with Gasteiger partial charge in [0.25, 0.3) is 0 Å². The van der Waals surface area contributed by atoms with E-state index in [4.69, 9.17) is 16.3 Å². The van der Waals surface area contributed by atoms with Crippen molar-refractivity contribution in [2.75, 3.05) is 6.61 Å². The van der Waals surface area contributed by atoms with Gasteiger partial charge >= 0.3 is 0 Å². The zero-order valence-electron chi connectivity index (χ0n) is 9.21. The number of aliphatic hydroxyl groups is 1. The molecular formula is C14H13ClO2. The molecule has 0 saturated heterocycles. The van der Waals surface area contributed by atoms with E-state index in [1.807, 2.05) is 30.3 Å². The quantitative estimate of drug-likeness (QED) is 0.898. The predicted molar refractivity (Wildman–Crippen MR) is 68.3 cm³/mol. The monoisotopic (exact) mass is 248 g/mol. The van der Waals surface area contributed by atoms with Crippen molar-refractivity contribution >= 4 is 11.6 Å². The molecule has 0 saturated carbocycles. The lowest BCUT2D eigenvalue weighted by Gasteiger charge is -2.12. The van der Waals surface area contributed by atoms with Crippen molar-refractivity contribution in [3.63, 3.8) is 0 Å². The first kappa shape index (κ1) is 12.0. The number of rotatable bonds is 4. The van der Waals surface area contributed by atoms with Gasteiger partial charge in [-0.1, -0.05) is 41.9 Å². The van der Waals surface area contributed by atoms with Crippen molar-refractivity contribution < 1.29 is 9.84 Å². The summed E-state index contributed by atoms with van der Waals surface area (Å²) in [7, 11) is 0. The van der Waals surface area contributed by atoms with Crippen LogP contribution in [-0.4, -0.2) is 11.7 Å². The summed E-state index contributed by atoms with van der Waals surface area (Å²) in [6.07, 6.45) is -0.619. The molecular weight excluding hydrogens is 236 g/mol. The molecule has 2 aromatic rings. The lowest BCUT2D eigenvalue weighted by atomic mass is 10.1. The van der Waals surface area contributed by atoms with Crippen LogP contribution < -0.4 is 4.74 Å². The predicted octanol–water partition coefficient (Wildman–Crippen LogP) is 3.45. The first-order chi connectivity index (χ1) is 8.25. The molecule has 0 radical (unpaired) electrons. The Hall–Kier alpha value is -1.51. The molecule has 88 valence electrons. The highest BCUT2D eigenvalue weighted by molar-refractivity contribution is 6.30. The fourth-order valence-corrected chi connectivity index (χ4v) is 1.60. The highest BCUT2D eigenvalue weighted by Crippen LogP contribution is 2.18. The molecule has 2 rings (SSSR count). The lowest BCUT2D eigenvalue weighted by Crippen LogP contribution is -2.09. The normalized spacial score (nSPS) is 12.1. The Balaban J connectivity index is 1.92. The summed E-state index contributed by atoms with van der Waals surface area (Å²) < 4.78 is 5.47. The Kier molecular flexibility index (Phi) is 4.02. The van der Waals surface area contributed by atoms with Gasteiger partial charge in [-0.2, -0.15) is 0 Å². The fraction of sp³-hybridized carbons (Fsp3) is 0.143. The average Bonchev–Trinajstić information content (AvgIpc) is 2.39. The van der Waals surface area contributed by atoms with Gasteiger partial charge in [0.2, 0.25) is 0 Å². The maximum atomic E-state index is 9.89. The van der Waals surface area contributed by atoms with Crippen molar-refractivity contribution in [1.82, 2.24) is 0 Å². The van der Waals surface area contributed by atoms with E-state index in [9.17, 15) is 5.11 Å². The van der Waals surface area contributed by atoms with Crippen LogP contribution in [-0.2, 0) is 0 Å². The van der Waals surface area contributed by atoms with E-state index < -0.39 is 6.10 Å². The second kappa shape index (κ2) is 5.71. The van der Waals surface area contributed by atoms with Gasteiger partial charge < -0.3 is 9.84 Å². The van der Waals surface area contributed by atoms with Gasteiger partial charge in [-0.25, -0.2) is 0 Å².